The molecule has 38 heavy (non-hydrogen) atoms. The second-order valence-electron chi connectivity index (χ2n) is 10.8. The molecule has 2 heterocycles. The maximum atomic E-state index is 14.4. The number of ether oxygens (including phenoxy) is 1. The van der Waals surface area contributed by atoms with E-state index >= 15 is 0 Å². The monoisotopic (exact) mass is 545 g/mol. The molecule has 1 aromatic carbocycles. The first-order valence-corrected chi connectivity index (χ1v) is 14.0. The smallest absolute Gasteiger partial charge is 0.231 e. The Bertz CT molecular complexity index is 1140. The Kier molecular flexibility index (Phi) is 8.47. The lowest BCUT2D eigenvalue weighted by molar-refractivity contribution is -0.133. The molecule has 1 aromatic heterocycles. The maximum Gasteiger partial charge on any atom is 0.231 e. The summed E-state index contributed by atoms with van der Waals surface area (Å²) in [4.78, 5) is 26.7. The number of piperazine rings is 1. The van der Waals surface area contributed by atoms with Crippen molar-refractivity contribution in [1.82, 2.24) is 20.2 Å². The van der Waals surface area contributed by atoms with Crippen LogP contribution in [0.1, 0.15) is 73.8 Å². The van der Waals surface area contributed by atoms with E-state index in [9.17, 15) is 14.3 Å². The summed E-state index contributed by atoms with van der Waals surface area (Å²) in [6, 6.07) is 4.98. The molecule has 5 rings (SSSR count). The van der Waals surface area contributed by atoms with Gasteiger partial charge in [0.15, 0.2) is 0 Å². The standard InChI is InChI=1S/C28H37ClFN5O3/c1-17-13-24(36)26-25(17)27(33-16-32-26)34-9-11-35(12-10-34)28(37)21(18-3-8-22(29)23(30)14-18)15-31-19-4-6-20(38-2)7-5-19/h3,8,14,16-17,19-21,24,31,36H,4-7,9-13,15H2,1-2H3. The molecule has 2 N–H and O–H groups in total. The van der Waals surface area contributed by atoms with Gasteiger partial charge in [0.25, 0.3) is 0 Å². The molecule has 2 fully saturated rings. The number of carbonyl (C=O) groups excluding carboxylic acids is 1. The van der Waals surface area contributed by atoms with Crippen LogP contribution in [-0.2, 0) is 9.53 Å². The van der Waals surface area contributed by atoms with Crippen molar-refractivity contribution in [3.63, 3.8) is 0 Å². The number of anilines is 1. The Labute approximate surface area is 228 Å². The number of fused-ring (bicyclic) bond motifs is 1. The van der Waals surface area contributed by atoms with Gasteiger partial charge < -0.3 is 25.0 Å². The van der Waals surface area contributed by atoms with Gasteiger partial charge in [0.2, 0.25) is 5.91 Å². The van der Waals surface area contributed by atoms with Crippen molar-refractivity contribution in [3.05, 3.63) is 52.2 Å². The van der Waals surface area contributed by atoms with Crippen LogP contribution in [0.4, 0.5) is 10.2 Å². The highest BCUT2D eigenvalue weighted by molar-refractivity contribution is 6.30. The third kappa shape index (κ3) is 5.66. The van der Waals surface area contributed by atoms with Crippen LogP contribution in [0, 0.1) is 5.82 Å². The molecule has 1 saturated carbocycles. The number of hydrogen-bond acceptors (Lipinski definition) is 7. The number of aliphatic hydroxyl groups excluding tert-OH is 1. The molecule has 2 aliphatic carbocycles. The van der Waals surface area contributed by atoms with E-state index in [4.69, 9.17) is 16.3 Å². The predicted molar refractivity (Wildman–Crippen MR) is 144 cm³/mol. The lowest BCUT2D eigenvalue weighted by atomic mass is 9.91. The number of methoxy groups -OCH3 is 1. The topological polar surface area (TPSA) is 90.8 Å². The molecule has 10 heteroatoms. The Balaban J connectivity index is 1.27. The number of hydrogen-bond donors (Lipinski definition) is 2. The average Bonchev–Trinajstić information content (AvgIpc) is 3.24. The third-order valence-electron chi connectivity index (χ3n) is 8.43. The summed E-state index contributed by atoms with van der Waals surface area (Å²) in [5, 5.41) is 14.0. The minimum absolute atomic E-state index is 0.0128. The normalized spacial score (nSPS) is 26.3. The van der Waals surface area contributed by atoms with Crippen LogP contribution >= 0.6 is 11.6 Å². The average molecular weight is 546 g/mol. The summed E-state index contributed by atoms with van der Waals surface area (Å²) in [5.74, 6) is 0.00951. The van der Waals surface area contributed by atoms with Gasteiger partial charge in [-0.1, -0.05) is 24.6 Å². The molecule has 0 bridgehead atoms. The van der Waals surface area contributed by atoms with Crippen LogP contribution in [0.25, 0.3) is 0 Å². The molecule has 1 amide bonds. The number of halogens is 2. The zero-order valence-corrected chi connectivity index (χ0v) is 22.8. The predicted octanol–water partition coefficient (Wildman–Crippen LogP) is 3.79. The molecule has 3 aliphatic rings. The number of rotatable bonds is 7. The minimum atomic E-state index is -0.554. The first kappa shape index (κ1) is 27.2. The van der Waals surface area contributed by atoms with Crippen LogP contribution in [0.15, 0.2) is 24.5 Å². The zero-order valence-electron chi connectivity index (χ0n) is 22.1. The molecule has 8 nitrogen and oxygen atoms in total. The van der Waals surface area contributed by atoms with Gasteiger partial charge in [0.1, 0.15) is 18.0 Å². The second kappa shape index (κ2) is 11.8. The van der Waals surface area contributed by atoms with Crippen molar-refractivity contribution in [2.75, 3.05) is 44.7 Å². The van der Waals surface area contributed by atoms with E-state index in [1.165, 1.54) is 18.5 Å². The third-order valence-corrected chi connectivity index (χ3v) is 8.74. The van der Waals surface area contributed by atoms with Crippen molar-refractivity contribution in [2.24, 2.45) is 0 Å². The molecule has 206 valence electrons. The summed E-state index contributed by atoms with van der Waals surface area (Å²) in [6.07, 6.45) is 5.88. The molecule has 2 aromatic rings. The van der Waals surface area contributed by atoms with Gasteiger partial charge in [0.05, 0.1) is 28.8 Å². The minimum Gasteiger partial charge on any atom is -0.387 e. The number of carbonyl (C=O) groups is 1. The lowest BCUT2D eigenvalue weighted by Gasteiger charge is -2.38. The van der Waals surface area contributed by atoms with Gasteiger partial charge in [-0.25, -0.2) is 14.4 Å². The number of nitrogens with zero attached hydrogens (tertiary/aromatic N) is 4. The highest BCUT2D eigenvalue weighted by Gasteiger charge is 2.35. The van der Waals surface area contributed by atoms with E-state index in [-0.39, 0.29) is 16.8 Å². The van der Waals surface area contributed by atoms with Crippen molar-refractivity contribution in [2.45, 2.75) is 69.1 Å². The quantitative estimate of drug-likeness (QED) is 0.547. The van der Waals surface area contributed by atoms with E-state index in [1.54, 1.807) is 13.2 Å². The van der Waals surface area contributed by atoms with Crippen LogP contribution in [-0.4, -0.2) is 77.9 Å². The summed E-state index contributed by atoms with van der Waals surface area (Å²) < 4.78 is 19.9. The molecule has 1 saturated heterocycles. The Hall–Kier alpha value is -2.33. The highest BCUT2D eigenvalue weighted by Crippen LogP contribution is 2.42. The number of benzene rings is 1. The Morgan fingerprint density at radius 3 is 2.63 bits per heavy atom. The first-order chi connectivity index (χ1) is 18.4. The van der Waals surface area contributed by atoms with Crippen LogP contribution in [0.3, 0.4) is 0 Å². The van der Waals surface area contributed by atoms with Crippen LogP contribution < -0.4 is 10.2 Å². The van der Waals surface area contributed by atoms with E-state index in [0.29, 0.717) is 56.9 Å². The van der Waals surface area contributed by atoms with Gasteiger partial charge in [-0.05, 0) is 55.7 Å². The molecule has 1 aliphatic heterocycles. The number of amides is 1. The molecule has 3 atom stereocenters. The number of nitrogens with one attached hydrogen (secondary N) is 1. The highest BCUT2D eigenvalue weighted by atomic mass is 35.5. The molecular weight excluding hydrogens is 509 g/mol. The largest absolute Gasteiger partial charge is 0.387 e. The molecular formula is C28H37ClFN5O3. The van der Waals surface area contributed by atoms with Gasteiger partial charge in [-0.2, -0.15) is 0 Å². The van der Waals surface area contributed by atoms with E-state index in [1.807, 2.05) is 4.90 Å². The van der Waals surface area contributed by atoms with Crippen LogP contribution in [0.2, 0.25) is 5.02 Å². The molecule has 0 radical (unpaired) electrons. The van der Waals surface area contributed by atoms with E-state index in [2.05, 4.69) is 27.1 Å². The first-order valence-electron chi connectivity index (χ1n) is 13.6. The van der Waals surface area contributed by atoms with Gasteiger partial charge in [-0.3, -0.25) is 4.79 Å². The summed E-state index contributed by atoms with van der Waals surface area (Å²) in [7, 11) is 1.75. The fraction of sp³-hybridized carbons (Fsp3) is 0.607. The van der Waals surface area contributed by atoms with Crippen molar-refractivity contribution in [1.29, 1.82) is 0 Å². The summed E-state index contributed by atoms with van der Waals surface area (Å²) in [5.41, 5.74) is 2.37. The lowest BCUT2D eigenvalue weighted by Crippen LogP contribution is -2.51. The maximum absolute atomic E-state index is 14.4. The van der Waals surface area contributed by atoms with Gasteiger partial charge in [0, 0.05) is 51.4 Å². The summed E-state index contributed by atoms with van der Waals surface area (Å²) in [6.45, 7) is 4.88. The van der Waals surface area contributed by atoms with Crippen LogP contribution in [0.5, 0.6) is 0 Å². The van der Waals surface area contributed by atoms with E-state index < -0.39 is 17.8 Å². The Morgan fingerprint density at radius 1 is 1.21 bits per heavy atom. The SMILES string of the molecule is COC1CCC(NCC(C(=O)N2CCN(c3ncnc4c3C(C)CC4O)CC2)c2ccc(Cl)c(F)c2)CC1. The Morgan fingerprint density at radius 2 is 1.95 bits per heavy atom. The zero-order chi connectivity index (χ0) is 26.8. The number of aliphatic hydroxyl groups is 1. The molecule has 3 unspecified atom stereocenters. The second-order valence-corrected chi connectivity index (χ2v) is 11.2. The number of aromatic nitrogens is 2. The van der Waals surface area contributed by atoms with Crippen molar-refractivity contribution < 1.29 is 19.0 Å². The van der Waals surface area contributed by atoms with Gasteiger partial charge in [-0.15, -0.1) is 0 Å². The van der Waals surface area contributed by atoms with E-state index in [0.717, 1.165) is 42.8 Å². The van der Waals surface area contributed by atoms with Crippen molar-refractivity contribution in [3.8, 4) is 0 Å². The van der Waals surface area contributed by atoms with Gasteiger partial charge >= 0.3 is 0 Å². The summed E-state index contributed by atoms with van der Waals surface area (Å²) >= 11 is 5.94. The van der Waals surface area contributed by atoms with Crippen molar-refractivity contribution >= 4 is 23.3 Å². The molecule has 0 spiro atoms. The fourth-order valence-electron chi connectivity index (χ4n) is 6.18. The fourth-order valence-corrected chi connectivity index (χ4v) is 6.29.